The summed E-state index contributed by atoms with van der Waals surface area (Å²) in [6.07, 6.45) is 6.79. The smallest absolute Gasteiger partial charge is 0.255 e. The highest BCUT2D eigenvalue weighted by Gasteiger charge is 2.30. The molecule has 2 aliphatic rings. The van der Waals surface area contributed by atoms with E-state index >= 15 is 0 Å². The van der Waals surface area contributed by atoms with Gasteiger partial charge < -0.3 is 9.47 Å². The summed E-state index contributed by atoms with van der Waals surface area (Å²) in [7, 11) is 0. The highest BCUT2D eigenvalue weighted by Crippen LogP contribution is 2.29. The van der Waals surface area contributed by atoms with Crippen LogP contribution in [0, 0.1) is 0 Å². The minimum atomic E-state index is 0.104. The van der Waals surface area contributed by atoms with E-state index in [0.717, 1.165) is 60.6 Å². The molecule has 25 heavy (non-hydrogen) atoms. The minimum Gasteiger partial charge on any atom is -0.338 e. The van der Waals surface area contributed by atoms with Crippen molar-refractivity contribution in [1.82, 2.24) is 19.7 Å². The Hall–Kier alpha value is -1.69. The molecule has 0 bridgehead atoms. The summed E-state index contributed by atoms with van der Waals surface area (Å²) in [5.74, 6) is 2.61. The van der Waals surface area contributed by atoms with Crippen LogP contribution in [0.15, 0.2) is 28.7 Å². The summed E-state index contributed by atoms with van der Waals surface area (Å²) in [5.41, 5.74) is 0.739. The number of piperidine rings is 1. The Morgan fingerprint density at radius 2 is 1.96 bits per heavy atom. The first-order chi connectivity index (χ1) is 12.2. The third kappa shape index (κ3) is 3.36. The molecule has 1 aromatic carbocycles. The number of halogens is 1. The lowest BCUT2D eigenvalue weighted by Crippen LogP contribution is -2.40. The van der Waals surface area contributed by atoms with Gasteiger partial charge in [0.15, 0.2) is 0 Å². The molecule has 1 aromatic heterocycles. The lowest BCUT2D eigenvalue weighted by molar-refractivity contribution is 0.0702. The Labute approximate surface area is 156 Å². The zero-order valence-electron chi connectivity index (χ0n) is 14.3. The van der Waals surface area contributed by atoms with Crippen molar-refractivity contribution in [2.75, 3.05) is 13.1 Å². The zero-order chi connectivity index (χ0) is 17.2. The van der Waals surface area contributed by atoms with Crippen LogP contribution in [0.5, 0.6) is 0 Å². The molecular formula is C19H23BrN4O. The maximum atomic E-state index is 12.9. The number of hydrogen-bond donors (Lipinski definition) is 0. The van der Waals surface area contributed by atoms with Gasteiger partial charge in [-0.1, -0.05) is 18.6 Å². The van der Waals surface area contributed by atoms with Crippen LogP contribution in [0.4, 0.5) is 0 Å². The van der Waals surface area contributed by atoms with Crippen LogP contribution in [0.3, 0.4) is 0 Å². The van der Waals surface area contributed by atoms with Crippen LogP contribution in [-0.4, -0.2) is 38.7 Å². The summed E-state index contributed by atoms with van der Waals surface area (Å²) < 4.78 is 3.18. The molecule has 1 fully saturated rings. The molecule has 0 N–H and O–H groups in total. The molecule has 1 unspecified atom stereocenters. The van der Waals surface area contributed by atoms with Crippen molar-refractivity contribution in [2.45, 2.75) is 51.0 Å². The molecule has 1 amide bonds. The standard InChI is InChI=1S/C19H23BrN4O/c20-16-9-4-3-8-15(16)19(25)23-11-6-7-14(13-23)18-22-21-17-10-2-1-5-12-24(17)18/h3-4,8-9,14H,1-2,5-7,10-13H2. The lowest BCUT2D eigenvalue weighted by Gasteiger charge is -2.32. The Morgan fingerprint density at radius 1 is 1.08 bits per heavy atom. The van der Waals surface area contributed by atoms with E-state index in [-0.39, 0.29) is 5.91 Å². The first kappa shape index (κ1) is 16.8. The van der Waals surface area contributed by atoms with Crippen molar-refractivity contribution >= 4 is 21.8 Å². The van der Waals surface area contributed by atoms with E-state index in [9.17, 15) is 4.79 Å². The van der Waals surface area contributed by atoms with Crippen LogP contribution in [0.25, 0.3) is 0 Å². The molecule has 2 aromatic rings. The van der Waals surface area contributed by atoms with Gasteiger partial charge in [-0.2, -0.15) is 0 Å². The van der Waals surface area contributed by atoms with Crippen molar-refractivity contribution < 1.29 is 4.79 Å². The summed E-state index contributed by atoms with van der Waals surface area (Å²) in [5, 5.41) is 8.95. The Balaban J connectivity index is 1.55. The molecule has 0 saturated carbocycles. The highest BCUT2D eigenvalue weighted by molar-refractivity contribution is 9.10. The molecule has 5 nitrogen and oxygen atoms in total. The fraction of sp³-hybridized carbons (Fsp3) is 0.526. The Morgan fingerprint density at radius 3 is 2.84 bits per heavy atom. The van der Waals surface area contributed by atoms with E-state index in [1.807, 2.05) is 29.2 Å². The van der Waals surface area contributed by atoms with Crippen LogP contribution in [0.2, 0.25) is 0 Å². The van der Waals surface area contributed by atoms with Crippen molar-refractivity contribution in [2.24, 2.45) is 0 Å². The van der Waals surface area contributed by atoms with Gasteiger partial charge in [0.1, 0.15) is 11.6 Å². The number of aryl methyl sites for hydroxylation is 1. The molecule has 3 heterocycles. The van der Waals surface area contributed by atoms with E-state index in [2.05, 4.69) is 30.7 Å². The number of aromatic nitrogens is 3. The maximum Gasteiger partial charge on any atom is 0.255 e. The third-order valence-corrected chi connectivity index (χ3v) is 6.01. The number of rotatable bonds is 2. The Kier molecular flexibility index (Phi) is 4.88. The van der Waals surface area contributed by atoms with E-state index in [1.54, 1.807) is 0 Å². The van der Waals surface area contributed by atoms with Gasteiger partial charge in [-0.15, -0.1) is 10.2 Å². The monoisotopic (exact) mass is 402 g/mol. The van der Waals surface area contributed by atoms with Gasteiger partial charge >= 0.3 is 0 Å². The molecule has 1 saturated heterocycles. The van der Waals surface area contributed by atoms with Crippen LogP contribution >= 0.6 is 15.9 Å². The second-order valence-corrected chi connectivity index (χ2v) is 7.86. The topological polar surface area (TPSA) is 51.0 Å². The molecule has 1 atom stereocenters. The summed E-state index contributed by atoms with van der Waals surface area (Å²) >= 11 is 3.50. The third-order valence-electron chi connectivity index (χ3n) is 5.32. The Bertz CT molecular complexity index is 773. The van der Waals surface area contributed by atoms with E-state index in [4.69, 9.17) is 0 Å². The molecule has 0 aliphatic carbocycles. The van der Waals surface area contributed by atoms with Crippen molar-refractivity contribution in [3.63, 3.8) is 0 Å². The first-order valence-electron chi connectivity index (χ1n) is 9.20. The summed E-state index contributed by atoms with van der Waals surface area (Å²) in [6, 6.07) is 7.66. The van der Waals surface area contributed by atoms with Gasteiger partial charge in [0.2, 0.25) is 0 Å². The van der Waals surface area contributed by atoms with Crippen molar-refractivity contribution in [3.8, 4) is 0 Å². The lowest BCUT2D eigenvalue weighted by atomic mass is 9.96. The van der Waals surface area contributed by atoms with Gasteiger partial charge in [0.05, 0.1) is 5.56 Å². The molecule has 0 radical (unpaired) electrons. The molecule has 6 heteroatoms. The fourth-order valence-electron chi connectivity index (χ4n) is 3.99. The van der Waals surface area contributed by atoms with Gasteiger partial charge in [-0.3, -0.25) is 4.79 Å². The zero-order valence-corrected chi connectivity index (χ0v) is 15.9. The number of amides is 1. The second kappa shape index (κ2) is 7.28. The van der Waals surface area contributed by atoms with Crippen molar-refractivity contribution in [3.05, 3.63) is 46.0 Å². The maximum absolute atomic E-state index is 12.9. The fourth-order valence-corrected chi connectivity index (χ4v) is 4.44. The molecule has 2 aliphatic heterocycles. The quantitative estimate of drug-likeness (QED) is 0.767. The largest absolute Gasteiger partial charge is 0.338 e. The minimum absolute atomic E-state index is 0.104. The second-order valence-electron chi connectivity index (χ2n) is 7.01. The summed E-state index contributed by atoms with van der Waals surface area (Å²) in [6.45, 7) is 2.57. The number of nitrogens with zero attached hydrogens (tertiary/aromatic N) is 4. The van der Waals surface area contributed by atoms with Crippen LogP contribution in [0.1, 0.15) is 60.0 Å². The normalized spacial score (nSPS) is 20.8. The van der Waals surface area contributed by atoms with Gasteiger partial charge in [-0.05, 0) is 53.7 Å². The average molecular weight is 403 g/mol. The number of carbonyl (C=O) groups excluding carboxylic acids is 1. The number of benzene rings is 1. The molecule has 4 rings (SSSR count). The van der Waals surface area contributed by atoms with Crippen molar-refractivity contribution in [1.29, 1.82) is 0 Å². The number of likely N-dealkylation sites (tertiary alicyclic amines) is 1. The summed E-state index contributed by atoms with van der Waals surface area (Å²) in [4.78, 5) is 14.9. The predicted molar refractivity (Wildman–Crippen MR) is 99.6 cm³/mol. The number of hydrogen-bond acceptors (Lipinski definition) is 3. The molecule has 0 spiro atoms. The van der Waals surface area contributed by atoms with E-state index < -0.39 is 0 Å². The van der Waals surface area contributed by atoms with E-state index in [1.165, 1.54) is 19.3 Å². The SMILES string of the molecule is O=C(c1ccccc1Br)N1CCCC(c2nnc3n2CCCCC3)C1. The van der Waals surface area contributed by atoms with Gasteiger partial charge in [0.25, 0.3) is 5.91 Å². The molecule has 132 valence electrons. The average Bonchev–Trinajstić information content (AvgIpc) is 2.90. The number of fused-ring (bicyclic) bond motifs is 1. The van der Waals surface area contributed by atoms with E-state index in [0.29, 0.717) is 5.92 Å². The highest BCUT2D eigenvalue weighted by atomic mass is 79.9. The molecular weight excluding hydrogens is 380 g/mol. The van der Waals surface area contributed by atoms with Gasteiger partial charge in [0, 0.05) is 36.4 Å². The van der Waals surface area contributed by atoms with Crippen LogP contribution < -0.4 is 0 Å². The van der Waals surface area contributed by atoms with Crippen LogP contribution in [-0.2, 0) is 13.0 Å². The predicted octanol–water partition coefficient (Wildman–Crippen LogP) is 3.79. The van der Waals surface area contributed by atoms with Gasteiger partial charge in [-0.25, -0.2) is 0 Å². The first-order valence-corrected chi connectivity index (χ1v) is 9.99. The number of carbonyl (C=O) groups is 1.